The molecule has 0 fully saturated rings. The van der Waals surface area contributed by atoms with E-state index in [4.69, 9.17) is 4.74 Å². The molecular weight excluding hydrogens is 440 g/mol. The van der Waals surface area contributed by atoms with E-state index in [1.807, 2.05) is 54.7 Å². The third-order valence-electron chi connectivity index (χ3n) is 6.26. The number of pyridine rings is 2. The van der Waals surface area contributed by atoms with E-state index in [1.165, 1.54) is 0 Å². The highest BCUT2D eigenvalue weighted by Gasteiger charge is 2.14. The van der Waals surface area contributed by atoms with Gasteiger partial charge in [-0.05, 0) is 54.8 Å². The quantitative estimate of drug-likeness (QED) is 0.376. The van der Waals surface area contributed by atoms with Gasteiger partial charge in [0.25, 0.3) is 11.5 Å². The number of methoxy groups -OCH3 is 1. The van der Waals surface area contributed by atoms with Gasteiger partial charge < -0.3 is 19.6 Å². The molecule has 7 heteroatoms. The average molecular weight is 467 g/mol. The van der Waals surface area contributed by atoms with Gasteiger partial charge in [0.2, 0.25) is 0 Å². The molecule has 3 aromatic heterocycles. The average Bonchev–Trinajstić information content (AvgIpc) is 3.29. The summed E-state index contributed by atoms with van der Waals surface area (Å²) in [6.07, 6.45) is 4.41. The largest absolute Gasteiger partial charge is 0.497 e. The summed E-state index contributed by atoms with van der Waals surface area (Å²) in [6, 6.07) is 19.1. The molecule has 0 radical (unpaired) electrons. The van der Waals surface area contributed by atoms with Gasteiger partial charge in [-0.1, -0.05) is 30.3 Å². The van der Waals surface area contributed by atoms with Crippen molar-refractivity contribution in [3.63, 3.8) is 0 Å². The lowest BCUT2D eigenvalue weighted by Gasteiger charge is -2.11. The van der Waals surface area contributed by atoms with Crippen LogP contribution < -0.4 is 15.6 Å². The minimum Gasteiger partial charge on any atom is -0.497 e. The van der Waals surface area contributed by atoms with Crippen molar-refractivity contribution in [1.29, 1.82) is 0 Å². The van der Waals surface area contributed by atoms with Gasteiger partial charge in [0, 0.05) is 29.8 Å². The number of carbonyl (C=O) groups excluding carboxylic acids is 1. The predicted molar refractivity (Wildman–Crippen MR) is 137 cm³/mol. The molecule has 2 aromatic carbocycles. The summed E-state index contributed by atoms with van der Waals surface area (Å²) < 4.78 is 6.82. The highest BCUT2D eigenvalue weighted by molar-refractivity contribution is 5.98. The maximum absolute atomic E-state index is 13.2. The number of aromatic amines is 1. The molecule has 5 rings (SSSR count). The first kappa shape index (κ1) is 22.4. The number of fused-ring (bicyclic) bond motifs is 2. The highest BCUT2D eigenvalue weighted by atomic mass is 16.5. The van der Waals surface area contributed by atoms with E-state index >= 15 is 0 Å². The first-order valence-corrected chi connectivity index (χ1v) is 11.5. The van der Waals surface area contributed by atoms with Crippen molar-refractivity contribution >= 4 is 27.7 Å². The molecule has 7 nitrogen and oxygen atoms in total. The number of amides is 1. The van der Waals surface area contributed by atoms with Crippen molar-refractivity contribution in [3.05, 3.63) is 106 Å². The maximum Gasteiger partial charge on any atom is 0.260 e. The van der Waals surface area contributed by atoms with Gasteiger partial charge in [-0.2, -0.15) is 0 Å². The molecule has 176 valence electrons. The third kappa shape index (κ3) is 4.53. The predicted octanol–water partition coefficient (Wildman–Crippen LogP) is 4.22. The first-order valence-electron chi connectivity index (χ1n) is 11.5. The molecule has 0 atom stereocenters. The Balaban J connectivity index is 1.35. The summed E-state index contributed by atoms with van der Waals surface area (Å²) in [7, 11) is 1.62. The summed E-state index contributed by atoms with van der Waals surface area (Å²) in [6.45, 7) is 2.68. The van der Waals surface area contributed by atoms with E-state index in [1.54, 1.807) is 30.9 Å². The molecule has 35 heavy (non-hydrogen) atoms. The zero-order valence-electron chi connectivity index (χ0n) is 19.7. The van der Waals surface area contributed by atoms with Crippen LogP contribution >= 0.6 is 0 Å². The van der Waals surface area contributed by atoms with Crippen LogP contribution in [0, 0.1) is 6.92 Å². The number of ether oxygens (including phenoxy) is 1. The van der Waals surface area contributed by atoms with Gasteiger partial charge in [0.1, 0.15) is 5.75 Å². The lowest BCUT2D eigenvalue weighted by Crippen LogP contribution is -2.27. The molecule has 2 N–H and O–H groups in total. The second-order valence-electron chi connectivity index (χ2n) is 8.52. The molecule has 0 saturated carbocycles. The summed E-state index contributed by atoms with van der Waals surface area (Å²) in [5, 5.41) is 4.56. The second-order valence-corrected chi connectivity index (χ2v) is 8.52. The van der Waals surface area contributed by atoms with E-state index < -0.39 is 0 Å². The van der Waals surface area contributed by atoms with Crippen LogP contribution in [0.5, 0.6) is 5.75 Å². The lowest BCUT2D eigenvalue weighted by molar-refractivity contribution is 0.0953. The molecule has 1 amide bonds. The molecule has 0 aliphatic heterocycles. The molecular formula is C28H26N4O3. The fourth-order valence-electron chi connectivity index (χ4n) is 4.33. The number of nitrogens with one attached hydrogen (secondary N) is 2. The third-order valence-corrected chi connectivity index (χ3v) is 6.26. The summed E-state index contributed by atoms with van der Waals surface area (Å²) >= 11 is 0. The number of aryl methyl sites for hydroxylation is 1. The molecule has 0 saturated heterocycles. The van der Waals surface area contributed by atoms with Crippen molar-refractivity contribution < 1.29 is 9.53 Å². The van der Waals surface area contributed by atoms with E-state index in [0.29, 0.717) is 41.7 Å². The van der Waals surface area contributed by atoms with Gasteiger partial charge in [-0.25, -0.2) is 0 Å². The van der Waals surface area contributed by atoms with E-state index in [0.717, 1.165) is 27.8 Å². The minimum atomic E-state index is -0.235. The number of hydrogen-bond acceptors (Lipinski definition) is 4. The molecule has 0 aliphatic carbocycles. The Labute approximate surface area is 202 Å². The Morgan fingerprint density at radius 2 is 1.89 bits per heavy atom. The summed E-state index contributed by atoms with van der Waals surface area (Å²) in [5.41, 5.74) is 4.60. The Morgan fingerprint density at radius 1 is 1.09 bits per heavy atom. The SMILES string of the molecule is COc1ccc(Cn2ccc3nc(C)c(C(=O)NCCc4c[nH]c5ccccc45)cc3c2=O)cc1. The Kier molecular flexibility index (Phi) is 6.06. The molecule has 0 unspecified atom stereocenters. The maximum atomic E-state index is 13.2. The summed E-state index contributed by atoms with van der Waals surface area (Å²) in [4.78, 5) is 34.0. The number of para-hydroxylation sites is 1. The topological polar surface area (TPSA) is 89.0 Å². The normalized spacial score (nSPS) is 11.1. The Morgan fingerprint density at radius 3 is 2.69 bits per heavy atom. The van der Waals surface area contributed by atoms with Crippen LogP contribution in [0.25, 0.3) is 21.8 Å². The smallest absolute Gasteiger partial charge is 0.260 e. The molecule has 0 aliphatic rings. The Bertz CT molecular complexity index is 1580. The highest BCUT2D eigenvalue weighted by Crippen LogP contribution is 2.18. The fourth-order valence-corrected chi connectivity index (χ4v) is 4.33. The van der Waals surface area contributed by atoms with Crippen LogP contribution in [-0.4, -0.2) is 34.1 Å². The lowest BCUT2D eigenvalue weighted by atomic mass is 10.1. The van der Waals surface area contributed by atoms with Gasteiger partial charge in [-0.3, -0.25) is 14.6 Å². The van der Waals surface area contributed by atoms with E-state index in [9.17, 15) is 9.59 Å². The number of H-pyrrole nitrogens is 1. The molecule has 5 aromatic rings. The van der Waals surface area contributed by atoms with Crippen LogP contribution in [0.2, 0.25) is 0 Å². The van der Waals surface area contributed by atoms with Crippen molar-refractivity contribution in [2.75, 3.05) is 13.7 Å². The zero-order chi connectivity index (χ0) is 24.4. The standard InChI is InChI=1S/C28H26N4O3/c1-18-23(27(33)29-13-11-20-16-30-25-6-4-3-5-22(20)25)15-24-26(31-18)12-14-32(28(24)34)17-19-7-9-21(35-2)10-8-19/h3-10,12,14-16,30H,11,13,17H2,1-2H3,(H,29,33). The van der Waals surface area contributed by atoms with E-state index in [-0.39, 0.29) is 11.5 Å². The Hall–Kier alpha value is -4.39. The zero-order valence-corrected chi connectivity index (χ0v) is 19.7. The van der Waals surface area contributed by atoms with Crippen molar-refractivity contribution in [3.8, 4) is 5.75 Å². The van der Waals surface area contributed by atoms with Gasteiger partial charge >= 0.3 is 0 Å². The number of nitrogens with zero attached hydrogens (tertiary/aromatic N) is 2. The first-order chi connectivity index (χ1) is 17.0. The van der Waals surface area contributed by atoms with Gasteiger partial charge in [0.05, 0.1) is 35.8 Å². The fraction of sp³-hybridized carbons (Fsp3) is 0.179. The summed E-state index contributed by atoms with van der Waals surface area (Å²) in [5.74, 6) is 0.529. The molecule has 3 heterocycles. The van der Waals surface area contributed by atoms with Crippen LogP contribution in [0.3, 0.4) is 0 Å². The van der Waals surface area contributed by atoms with Gasteiger partial charge in [0.15, 0.2) is 0 Å². The van der Waals surface area contributed by atoms with Crippen LogP contribution in [0.1, 0.15) is 27.2 Å². The van der Waals surface area contributed by atoms with Gasteiger partial charge in [-0.15, -0.1) is 0 Å². The van der Waals surface area contributed by atoms with Crippen LogP contribution in [0.4, 0.5) is 0 Å². The number of carbonyl (C=O) groups is 1. The number of benzene rings is 2. The number of aromatic nitrogens is 3. The van der Waals surface area contributed by atoms with Crippen LogP contribution in [-0.2, 0) is 13.0 Å². The second kappa shape index (κ2) is 9.46. The molecule has 0 spiro atoms. The molecule has 0 bridgehead atoms. The van der Waals surface area contributed by atoms with Crippen molar-refractivity contribution in [2.45, 2.75) is 19.9 Å². The van der Waals surface area contributed by atoms with Crippen molar-refractivity contribution in [1.82, 2.24) is 19.9 Å². The monoisotopic (exact) mass is 466 g/mol. The number of rotatable bonds is 7. The van der Waals surface area contributed by atoms with Crippen LogP contribution in [0.15, 0.2) is 77.9 Å². The minimum absolute atomic E-state index is 0.182. The van der Waals surface area contributed by atoms with E-state index in [2.05, 4.69) is 21.4 Å². The number of hydrogen-bond donors (Lipinski definition) is 2. The van der Waals surface area contributed by atoms with Crippen molar-refractivity contribution in [2.24, 2.45) is 0 Å².